The first-order valence-electron chi connectivity index (χ1n) is 9.76. The van der Waals surface area contributed by atoms with E-state index in [-0.39, 0.29) is 0 Å². The van der Waals surface area contributed by atoms with Gasteiger partial charge in [-0.05, 0) is 12.3 Å². The second-order valence-electron chi connectivity index (χ2n) is 7.52. The van der Waals surface area contributed by atoms with Gasteiger partial charge in [-0.1, -0.05) is 38.5 Å². The summed E-state index contributed by atoms with van der Waals surface area (Å²) in [5, 5.41) is 7.01. The number of rotatable bonds is 7. The molecule has 0 spiro atoms. The van der Waals surface area contributed by atoms with Crippen LogP contribution in [-0.2, 0) is 0 Å². The second-order valence-corrected chi connectivity index (χ2v) is 7.52. The molecule has 1 unspecified atom stereocenters. The molecule has 0 amide bonds. The number of hydrogen-bond acceptors (Lipinski definition) is 3. The molecule has 1 aliphatic carbocycles. The average Bonchev–Trinajstić information content (AvgIpc) is 3.12. The topological polar surface area (TPSA) is 42.9 Å². The molecule has 5 nitrogen and oxygen atoms in total. The molecule has 23 heavy (non-hydrogen) atoms. The van der Waals surface area contributed by atoms with Gasteiger partial charge in [0.25, 0.3) is 0 Å². The van der Waals surface area contributed by atoms with E-state index in [1.807, 2.05) is 7.05 Å². The van der Waals surface area contributed by atoms with E-state index in [4.69, 9.17) is 0 Å². The molecule has 1 saturated carbocycles. The third kappa shape index (κ3) is 5.08. The molecule has 4 rings (SSSR count). The number of aliphatic imine (C=N–C) groups is 1. The van der Waals surface area contributed by atoms with E-state index in [0.29, 0.717) is 6.04 Å². The number of piperazine rings is 3. The summed E-state index contributed by atoms with van der Waals surface area (Å²) in [5.74, 6) is 2.00. The van der Waals surface area contributed by atoms with E-state index in [0.717, 1.165) is 25.0 Å². The molecule has 4 fully saturated rings. The Morgan fingerprint density at radius 3 is 2.48 bits per heavy atom. The molecule has 2 N–H and O–H groups in total. The predicted molar refractivity (Wildman–Crippen MR) is 97.0 cm³/mol. The van der Waals surface area contributed by atoms with Crippen LogP contribution in [0.3, 0.4) is 0 Å². The Labute approximate surface area is 141 Å². The summed E-state index contributed by atoms with van der Waals surface area (Å²) < 4.78 is 0. The van der Waals surface area contributed by atoms with Crippen LogP contribution in [0, 0.1) is 5.92 Å². The molecule has 4 aliphatic rings. The molecule has 0 aromatic carbocycles. The van der Waals surface area contributed by atoms with Crippen molar-refractivity contribution >= 4 is 5.96 Å². The molecule has 5 heteroatoms. The second kappa shape index (κ2) is 8.88. The van der Waals surface area contributed by atoms with Crippen LogP contribution in [0.1, 0.15) is 44.9 Å². The SMILES string of the molecule is CN=C(NCCCCC1CCCC1)NCC1CN2CCN1CC2. The third-order valence-electron chi connectivity index (χ3n) is 5.93. The third-order valence-corrected chi connectivity index (χ3v) is 5.93. The van der Waals surface area contributed by atoms with Gasteiger partial charge in [-0.25, -0.2) is 0 Å². The lowest BCUT2D eigenvalue weighted by molar-refractivity contribution is 0.0154. The first-order chi connectivity index (χ1) is 11.3. The summed E-state index contributed by atoms with van der Waals surface area (Å²) in [6, 6.07) is 0.651. The first kappa shape index (κ1) is 17.0. The summed E-state index contributed by atoms with van der Waals surface area (Å²) in [5.41, 5.74) is 0. The van der Waals surface area contributed by atoms with E-state index >= 15 is 0 Å². The van der Waals surface area contributed by atoms with Gasteiger partial charge in [0, 0.05) is 58.9 Å². The van der Waals surface area contributed by atoms with Crippen LogP contribution in [0.5, 0.6) is 0 Å². The molecule has 3 aliphatic heterocycles. The molecule has 2 bridgehead atoms. The highest BCUT2D eigenvalue weighted by molar-refractivity contribution is 5.79. The summed E-state index contributed by atoms with van der Waals surface area (Å²) in [6.07, 6.45) is 9.95. The Morgan fingerprint density at radius 1 is 1.04 bits per heavy atom. The monoisotopic (exact) mass is 321 g/mol. The Morgan fingerprint density at radius 2 is 1.83 bits per heavy atom. The minimum absolute atomic E-state index is 0.651. The van der Waals surface area contributed by atoms with E-state index in [9.17, 15) is 0 Å². The van der Waals surface area contributed by atoms with Crippen molar-refractivity contribution in [2.45, 2.75) is 51.0 Å². The normalized spacial score (nSPS) is 31.5. The van der Waals surface area contributed by atoms with Crippen molar-refractivity contribution in [2.24, 2.45) is 10.9 Å². The largest absolute Gasteiger partial charge is 0.356 e. The molecule has 0 aromatic rings. The maximum atomic E-state index is 4.37. The van der Waals surface area contributed by atoms with Crippen LogP contribution in [0.2, 0.25) is 0 Å². The number of nitrogens with one attached hydrogen (secondary N) is 2. The van der Waals surface area contributed by atoms with Gasteiger partial charge >= 0.3 is 0 Å². The minimum Gasteiger partial charge on any atom is -0.356 e. The highest BCUT2D eigenvalue weighted by Crippen LogP contribution is 2.28. The lowest BCUT2D eigenvalue weighted by atomic mass is 10.0. The van der Waals surface area contributed by atoms with Gasteiger partial charge in [-0.3, -0.25) is 14.8 Å². The highest BCUT2D eigenvalue weighted by atomic mass is 15.4. The van der Waals surface area contributed by atoms with Gasteiger partial charge in [-0.2, -0.15) is 0 Å². The Kier molecular flexibility index (Phi) is 6.57. The van der Waals surface area contributed by atoms with Gasteiger partial charge in [0.1, 0.15) is 0 Å². The van der Waals surface area contributed by atoms with Gasteiger partial charge in [0.05, 0.1) is 0 Å². The highest BCUT2D eigenvalue weighted by Gasteiger charge is 2.31. The Bertz CT molecular complexity index is 370. The fraction of sp³-hybridized carbons (Fsp3) is 0.944. The lowest BCUT2D eigenvalue weighted by Crippen LogP contribution is -2.63. The van der Waals surface area contributed by atoms with Gasteiger partial charge in [-0.15, -0.1) is 0 Å². The molecule has 0 aromatic heterocycles. The lowest BCUT2D eigenvalue weighted by Gasteiger charge is -2.47. The van der Waals surface area contributed by atoms with Gasteiger partial charge in [0.15, 0.2) is 5.96 Å². The Hall–Kier alpha value is -0.810. The van der Waals surface area contributed by atoms with E-state index < -0.39 is 0 Å². The average molecular weight is 322 g/mol. The van der Waals surface area contributed by atoms with Crippen LogP contribution in [0.25, 0.3) is 0 Å². The maximum Gasteiger partial charge on any atom is 0.191 e. The zero-order chi connectivity index (χ0) is 15.9. The number of hydrogen-bond donors (Lipinski definition) is 2. The molecular weight excluding hydrogens is 286 g/mol. The molecule has 3 heterocycles. The molecule has 3 saturated heterocycles. The number of unbranched alkanes of at least 4 members (excludes halogenated alkanes) is 1. The van der Waals surface area contributed by atoms with Crippen molar-refractivity contribution in [3.05, 3.63) is 0 Å². The summed E-state index contributed by atoms with van der Waals surface area (Å²) in [4.78, 5) is 9.59. The minimum atomic E-state index is 0.651. The van der Waals surface area contributed by atoms with Crippen LogP contribution < -0.4 is 10.6 Å². The van der Waals surface area contributed by atoms with Crippen molar-refractivity contribution in [1.29, 1.82) is 0 Å². The molecule has 132 valence electrons. The fourth-order valence-corrected chi connectivity index (χ4v) is 4.42. The zero-order valence-electron chi connectivity index (χ0n) is 14.9. The van der Waals surface area contributed by atoms with Crippen LogP contribution in [-0.4, -0.2) is 74.7 Å². The van der Waals surface area contributed by atoms with Crippen LogP contribution in [0.15, 0.2) is 4.99 Å². The zero-order valence-corrected chi connectivity index (χ0v) is 14.9. The summed E-state index contributed by atoms with van der Waals surface area (Å²) in [7, 11) is 1.88. The number of nitrogens with zero attached hydrogens (tertiary/aromatic N) is 3. The summed E-state index contributed by atoms with van der Waals surface area (Å²) >= 11 is 0. The number of guanidine groups is 1. The van der Waals surface area contributed by atoms with Crippen molar-refractivity contribution in [1.82, 2.24) is 20.4 Å². The standard InChI is InChI=1S/C18H35N5/c1-19-18(20-9-5-4-8-16-6-2-3-7-16)21-14-17-15-22-10-12-23(17)13-11-22/h16-17H,2-15H2,1H3,(H2,19,20,21). The van der Waals surface area contributed by atoms with Crippen molar-refractivity contribution in [3.63, 3.8) is 0 Å². The first-order valence-corrected chi connectivity index (χ1v) is 9.76. The quantitative estimate of drug-likeness (QED) is 0.424. The van der Waals surface area contributed by atoms with E-state index in [1.54, 1.807) is 0 Å². The Balaban J connectivity index is 1.26. The maximum absolute atomic E-state index is 4.37. The smallest absolute Gasteiger partial charge is 0.191 e. The van der Waals surface area contributed by atoms with Crippen molar-refractivity contribution < 1.29 is 0 Å². The predicted octanol–water partition coefficient (Wildman–Crippen LogP) is 1.51. The van der Waals surface area contributed by atoms with Crippen molar-refractivity contribution in [2.75, 3.05) is 52.9 Å². The molecule has 0 radical (unpaired) electrons. The van der Waals surface area contributed by atoms with E-state index in [2.05, 4.69) is 25.4 Å². The summed E-state index contributed by atoms with van der Waals surface area (Å²) in [6.45, 7) is 8.25. The van der Waals surface area contributed by atoms with Gasteiger partial charge < -0.3 is 10.6 Å². The van der Waals surface area contributed by atoms with Crippen molar-refractivity contribution in [3.8, 4) is 0 Å². The van der Waals surface area contributed by atoms with Crippen LogP contribution >= 0.6 is 0 Å². The fourth-order valence-electron chi connectivity index (χ4n) is 4.42. The van der Waals surface area contributed by atoms with E-state index in [1.165, 1.54) is 77.7 Å². The van der Waals surface area contributed by atoms with Gasteiger partial charge in [0.2, 0.25) is 0 Å². The molecule has 1 atom stereocenters. The van der Waals surface area contributed by atoms with Crippen LogP contribution in [0.4, 0.5) is 0 Å². The molecular formula is C18H35N5. The number of fused-ring (bicyclic) bond motifs is 3.